The Morgan fingerprint density at radius 1 is 1.47 bits per heavy atom. The summed E-state index contributed by atoms with van der Waals surface area (Å²) < 4.78 is 11.4. The van der Waals surface area contributed by atoms with Crippen LogP contribution in [0.2, 0.25) is 0 Å². The fourth-order valence-corrected chi connectivity index (χ4v) is 2.65. The van der Waals surface area contributed by atoms with Crippen molar-refractivity contribution in [3.8, 4) is 0 Å². The van der Waals surface area contributed by atoms with Crippen LogP contribution in [0.15, 0.2) is 12.2 Å². The van der Waals surface area contributed by atoms with Gasteiger partial charge in [0.15, 0.2) is 11.9 Å². The maximum Gasteiger partial charge on any atom is 0.255 e. The number of ether oxygens (including phenoxy) is 2. The molecule has 3 aliphatic heterocycles. The largest absolute Gasteiger partial charge is 0.344 e. The molecule has 0 aromatic carbocycles. The Bertz CT molecular complexity index is 337. The van der Waals surface area contributed by atoms with Crippen molar-refractivity contribution < 1.29 is 14.3 Å². The number of rotatable bonds is 0. The second-order valence-electron chi connectivity index (χ2n) is 4.82. The molecule has 3 aliphatic rings. The molecule has 15 heavy (non-hydrogen) atoms. The normalized spacial score (nSPS) is 41.9. The summed E-state index contributed by atoms with van der Waals surface area (Å²) in [5.74, 6) is -0.541. The van der Waals surface area contributed by atoms with E-state index in [1.54, 1.807) is 0 Å². The zero-order valence-electron chi connectivity index (χ0n) is 8.97. The molecule has 0 aromatic heterocycles. The third-order valence-corrected chi connectivity index (χ3v) is 3.24. The molecule has 3 rings (SSSR count). The van der Waals surface area contributed by atoms with E-state index < -0.39 is 11.9 Å². The summed E-state index contributed by atoms with van der Waals surface area (Å²) in [6, 6.07) is 0.219. The Morgan fingerprint density at radius 2 is 2.27 bits per heavy atom. The van der Waals surface area contributed by atoms with E-state index >= 15 is 0 Å². The lowest BCUT2D eigenvalue weighted by Gasteiger charge is -2.34. The first kappa shape index (κ1) is 9.36. The number of piperidine rings is 1. The van der Waals surface area contributed by atoms with Gasteiger partial charge in [0.25, 0.3) is 5.91 Å². The summed E-state index contributed by atoms with van der Waals surface area (Å²) in [5.41, 5.74) is 0. The molecule has 0 unspecified atom stereocenters. The standard InChI is InChI=1S/C11H15NO3/c1-11(2)14-8-6-7-4-3-5-12(7)10(13)9(8)15-11/h3-4,7-9H,5-6H2,1-2H3/t7-,8-,9-/m1/s1. The number of amides is 1. The average Bonchev–Trinajstić information content (AvgIpc) is 2.68. The van der Waals surface area contributed by atoms with E-state index in [1.165, 1.54) is 0 Å². The molecule has 0 radical (unpaired) electrons. The van der Waals surface area contributed by atoms with Crippen LogP contribution >= 0.6 is 0 Å². The first-order valence-electron chi connectivity index (χ1n) is 5.40. The molecule has 4 nitrogen and oxygen atoms in total. The Morgan fingerprint density at radius 3 is 3.07 bits per heavy atom. The predicted molar refractivity (Wildman–Crippen MR) is 53.1 cm³/mol. The highest BCUT2D eigenvalue weighted by Crippen LogP contribution is 2.37. The number of carbonyl (C=O) groups is 1. The van der Waals surface area contributed by atoms with Gasteiger partial charge in [-0.3, -0.25) is 4.79 Å². The highest BCUT2D eigenvalue weighted by atomic mass is 16.8. The van der Waals surface area contributed by atoms with Gasteiger partial charge in [-0.25, -0.2) is 0 Å². The van der Waals surface area contributed by atoms with Crippen molar-refractivity contribution in [2.24, 2.45) is 0 Å². The van der Waals surface area contributed by atoms with Crippen LogP contribution in [0.5, 0.6) is 0 Å². The fourth-order valence-electron chi connectivity index (χ4n) is 2.65. The van der Waals surface area contributed by atoms with Gasteiger partial charge in [0.1, 0.15) is 0 Å². The lowest BCUT2D eigenvalue weighted by atomic mass is 9.98. The molecule has 0 spiro atoms. The molecule has 82 valence electrons. The molecule has 2 fully saturated rings. The molecular weight excluding hydrogens is 194 g/mol. The Kier molecular flexibility index (Phi) is 1.77. The van der Waals surface area contributed by atoms with Crippen LogP contribution in [0.25, 0.3) is 0 Å². The first-order valence-corrected chi connectivity index (χ1v) is 5.40. The molecule has 0 aliphatic carbocycles. The monoisotopic (exact) mass is 209 g/mol. The van der Waals surface area contributed by atoms with Crippen molar-refractivity contribution in [2.75, 3.05) is 6.54 Å². The Hall–Kier alpha value is -0.870. The van der Waals surface area contributed by atoms with Gasteiger partial charge < -0.3 is 14.4 Å². The van der Waals surface area contributed by atoms with Gasteiger partial charge in [0, 0.05) is 13.0 Å². The second kappa shape index (κ2) is 2.83. The number of nitrogens with zero attached hydrogens (tertiary/aromatic N) is 1. The SMILES string of the molecule is CC1(C)O[C@@H]2C[C@H]3C=CCN3C(=O)[C@@H]2O1. The number of fused-ring (bicyclic) bond motifs is 2. The van der Waals surface area contributed by atoms with Gasteiger partial charge in [0.05, 0.1) is 12.1 Å². The second-order valence-corrected chi connectivity index (χ2v) is 4.82. The van der Waals surface area contributed by atoms with E-state index in [2.05, 4.69) is 6.08 Å². The molecule has 2 saturated heterocycles. The summed E-state index contributed by atoms with van der Waals surface area (Å²) >= 11 is 0. The van der Waals surface area contributed by atoms with Crippen molar-refractivity contribution in [3.63, 3.8) is 0 Å². The van der Waals surface area contributed by atoms with E-state index in [9.17, 15) is 4.79 Å². The summed E-state index contributed by atoms with van der Waals surface area (Å²) in [5, 5.41) is 0. The first-order chi connectivity index (χ1) is 7.07. The highest BCUT2D eigenvalue weighted by Gasteiger charge is 2.51. The average molecular weight is 209 g/mol. The zero-order chi connectivity index (χ0) is 10.6. The molecule has 3 heterocycles. The van der Waals surface area contributed by atoms with Crippen molar-refractivity contribution in [1.82, 2.24) is 4.90 Å². The maximum atomic E-state index is 12.1. The van der Waals surface area contributed by atoms with Gasteiger partial charge in [-0.05, 0) is 13.8 Å². The van der Waals surface area contributed by atoms with Crippen LogP contribution < -0.4 is 0 Å². The van der Waals surface area contributed by atoms with Gasteiger partial charge >= 0.3 is 0 Å². The van der Waals surface area contributed by atoms with Crippen molar-refractivity contribution in [3.05, 3.63) is 12.2 Å². The van der Waals surface area contributed by atoms with E-state index in [1.807, 2.05) is 24.8 Å². The summed E-state index contributed by atoms with van der Waals surface area (Å²) in [4.78, 5) is 13.9. The van der Waals surface area contributed by atoms with E-state index in [-0.39, 0.29) is 18.1 Å². The number of carbonyl (C=O) groups excluding carboxylic acids is 1. The topological polar surface area (TPSA) is 38.8 Å². The summed E-state index contributed by atoms with van der Waals surface area (Å²) in [6.07, 6.45) is 4.51. The Labute approximate surface area is 88.8 Å². The molecule has 0 bridgehead atoms. The van der Waals surface area contributed by atoms with E-state index in [4.69, 9.17) is 9.47 Å². The number of hydrogen-bond donors (Lipinski definition) is 0. The quantitative estimate of drug-likeness (QED) is 0.551. The minimum Gasteiger partial charge on any atom is -0.344 e. The zero-order valence-corrected chi connectivity index (χ0v) is 8.97. The van der Waals surface area contributed by atoms with Crippen LogP contribution in [-0.2, 0) is 14.3 Å². The van der Waals surface area contributed by atoms with Gasteiger partial charge in [0.2, 0.25) is 0 Å². The van der Waals surface area contributed by atoms with Crippen LogP contribution in [0.1, 0.15) is 20.3 Å². The van der Waals surface area contributed by atoms with Crippen molar-refractivity contribution >= 4 is 5.91 Å². The minimum absolute atomic E-state index is 0.0727. The van der Waals surface area contributed by atoms with Crippen LogP contribution in [-0.4, -0.2) is 41.4 Å². The van der Waals surface area contributed by atoms with E-state index in [0.717, 1.165) is 13.0 Å². The van der Waals surface area contributed by atoms with Gasteiger partial charge in [-0.15, -0.1) is 0 Å². The third-order valence-electron chi connectivity index (χ3n) is 3.24. The van der Waals surface area contributed by atoms with Gasteiger partial charge in [-0.2, -0.15) is 0 Å². The lowest BCUT2D eigenvalue weighted by Crippen LogP contribution is -2.52. The molecule has 4 heteroatoms. The molecule has 0 N–H and O–H groups in total. The van der Waals surface area contributed by atoms with Crippen molar-refractivity contribution in [2.45, 2.75) is 44.3 Å². The maximum absolute atomic E-state index is 12.1. The summed E-state index contributed by atoms with van der Waals surface area (Å²) in [7, 11) is 0. The smallest absolute Gasteiger partial charge is 0.255 e. The highest BCUT2D eigenvalue weighted by molar-refractivity contribution is 5.84. The Balaban J connectivity index is 1.87. The number of hydrogen-bond acceptors (Lipinski definition) is 3. The van der Waals surface area contributed by atoms with Crippen LogP contribution in [0.3, 0.4) is 0 Å². The van der Waals surface area contributed by atoms with Crippen molar-refractivity contribution in [1.29, 1.82) is 0 Å². The molecular formula is C11H15NO3. The van der Waals surface area contributed by atoms with Gasteiger partial charge in [-0.1, -0.05) is 12.2 Å². The molecule has 3 atom stereocenters. The molecule has 0 saturated carbocycles. The lowest BCUT2D eigenvalue weighted by molar-refractivity contribution is -0.159. The predicted octanol–water partition coefficient (Wildman–Crippen LogP) is 0.677. The third kappa shape index (κ3) is 1.32. The summed E-state index contributed by atoms with van der Waals surface area (Å²) in [6.45, 7) is 4.44. The van der Waals surface area contributed by atoms with E-state index in [0.29, 0.717) is 0 Å². The minimum atomic E-state index is -0.617. The fraction of sp³-hybridized carbons (Fsp3) is 0.727. The van der Waals surface area contributed by atoms with Crippen LogP contribution in [0, 0.1) is 0 Å². The molecule has 0 aromatic rings. The molecule has 1 amide bonds. The van der Waals surface area contributed by atoms with Crippen LogP contribution in [0.4, 0.5) is 0 Å².